The Kier molecular flexibility index (Phi) is 2.86. The molecule has 0 aliphatic rings. The first kappa shape index (κ1) is 11.0. The summed E-state index contributed by atoms with van der Waals surface area (Å²) in [5.41, 5.74) is 0. The first-order chi connectivity index (χ1) is 7.61. The second-order valence-electron chi connectivity index (χ2n) is 3.63. The molecular formula is C9H13N5OS. The summed E-state index contributed by atoms with van der Waals surface area (Å²) >= 11 is 1.24. The quantitative estimate of drug-likeness (QED) is 0.868. The van der Waals surface area contributed by atoms with Crippen LogP contribution in [0, 0.1) is 6.92 Å². The van der Waals surface area contributed by atoms with E-state index in [1.165, 1.54) is 11.3 Å². The van der Waals surface area contributed by atoms with Gasteiger partial charge in [-0.15, -0.1) is 15.3 Å². The zero-order valence-electron chi connectivity index (χ0n) is 9.39. The summed E-state index contributed by atoms with van der Waals surface area (Å²) in [6.07, 6.45) is 0.898. The number of nitrogens with one attached hydrogen (secondary N) is 1. The predicted molar refractivity (Wildman–Crippen MR) is 60.6 cm³/mol. The van der Waals surface area contributed by atoms with E-state index in [1.807, 2.05) is 13.8 Å². The predicted octanol–water partition coefficient (Wildman–Crippen LogP) is 1.02. The monoisotopic (exact) mass is 239 g/mol. The first-order valence-corrected chi connectivity index (χ1v) is 5.93. The van der Waals surface area contributed by atoms with E-state index >= 15 is 0 Å². The Morgan fingerprint density at radius 1 is 1.56 bits per heavy atom. The zero-order valence-corrected chi connectivity index (χ0v) is 10.2. The van der Waals surface area contributed by atoms with Crippen LogP contribution in [0.15, 0.2) is 0 Å². The van der Waals surface area contributed by atoms with Crippen LogP contribution >= 0.6 is 11.3 Å². The second-order valence-corrected chi connectivity index (χ2v) is 4.59. The van der Waals surface area contributed by atoms with E-state index in [0.29, 0.717) is 15.8 Å². The van der Waals surface area contributed by atoms with Crippen molar-refractivity contribution in [2.24, 2.45) is 0 Å². The van der Waals surface area contributed by atoms with Gasteiger partial charge in [0, 0.05) is 6.04 Å². The molecule has 0 aliphatic carbocycles. The Balaban J connectivity index is 2.23. The number of aromatic nitrogens is 4. The van der Waals surface area contributed by atoms with Crippen LogP contribution in [-0.2, 0) is 0 Å². The number of aryl methyl sites for hydroxylation is 1. The Morgan fingerprint density at radius 3 is 2.94 bits per heavy atom. The molecule has 6 nitrogen and oxygen atoms in total. The number of fused-ring (bicyclic) bond motifs is 1. The third-order valence-corrected chi connectivity index (χ3v) is 3.23. The smallest absolute Gasteiger partial charge is 0.282 e. The highest BCUT2D eigenvalue weighted by molar-refractivity contribution is 7.18. The molecule has 86 valence electrons. The summed E-state index contributed by atoms with van der Waals surface area (Å²) in [4.78, 5) is 12.4. The number of rotatable bonds is 3. The van der Waals surface area contributed by atoms with Crippen molar-refractivity contribution >= 4 is 22.2 Å². The van der Waals surface area contributed by atoms with Crippen LogP contribution in [0.25, 0.3) is 4.96 Å². The largest absolute Gasteiger partial charge is 0.347 e. The van der Waals surface area contributed by atoms with Gasteiger partial charge in [0.1, 0.15) is 0 Å². The van der Waals surface area contributed by atoms with E-state index in [1.54, 1.807) is 11.4 Å². The normalized spacial score (nSPS) is 12.9. The van der Waals surface area contributed by atoms with E-state index in [-0.39, 0.29) is 11.9 Å². The fourth-order valence-corrected chi connectivity index (χ4v) is 1.98. The first-order valence-electron chi connectivity index (χ1n) is 5.11. The van der Waals surface area contributed by atoms with Crippen LogP contribution in [0.5, 0.6) is 0 Å². The highest BCUT2D eigenvalue weighted by atomic mass is 32.1. The van der Waals surface area contributed by atoms with E-state index in [9.17, 15) is 4.79 Å². The summed E-state index contributed by atoms with van der Waals surface area (Å²) < 4.78 is 1.58. The van der Waals surface area contributed by atoms with Crippen molar-refractivity contribution in [3.63, 3.8) is 0 Å². The van der Waals surface area contributed by atoms with Gasteiger partial charge < -0.3 is 5.32 Å². The van der Waals surface area contributed by atoms with Crippen molar-refractivity contribution < 1.29 is 4.79 Å². The Labute approximate surface area is 96.7 Å². The molecule has 0 radical (unpaired) electrons. The molecule has 0 saturated carbocycles. The van der Waals surface area contributed by atoms with Crippen LogP contribution in [0.3, 0.4) is 0 Å². The van der Waals surface area contributed by atoms with Crippen LogP contribution in [-0.4, -0.2) is 31.8 Å². The molecule has 7 heteroatoms. The molecule has 1 amide bonds. The highest BCUT2D eigenvalue weighted by Crippen LogP contribution is 2.13. The lowest BCUT2D eigenvalue weighted by Gasteiger charge is -2.08. The van der Waals surface area contributed by atoms with Gasteiger partial charge in [0.05, 0.1) is 0 Å². The minimum Gasteiger partial charge on any atom is -0.347 e. The fraction of sp³-hybridized carbons (Fsp3) is 0.556. The maximum atomic E-state index is 11.8. The van der Waals surface area contributed by atoms with Crippen LogP contribution in [0.1, 0.15) is 35.9 Å². The molecule has 1 N–H and O–H groups in total. The molecule has 16 heavy (non-hydrogen) atoms. The maximum Gasteiger partial charge on any atom is 0.282 e. The van der Waals surface area contributed by atoms with Crippen molar-refractivity contribution in [3.8, 4) is 0 Å². The maximum absolute atomic E-state index is 11.8. The van der Waals surface area contributed by atoms with Gasteiger partial charge in [-0.25, -0.2) is 0 Å². The number of nitrogens with zero attached hydrogens (tertiary/aromatic N) is 4. The van der Waals surface area contributed by atoms with Gasteiger partial charge in [-0.05, 0) is 20.3 Å². The molecule has 0 bridgehead atoms. The van der Waals surface area contributed by atoms with Crippen molar-refractivity contribution in [1.82, 2.24) is 25.1 Å². The minimum absolute atomic E-state index is 0.149. The lowest BCUT2D eigenvalue weighted by molar-refractivity contribution is 0.0938. The Morgan fingerprint density at radius 2 is 2.31 bits per heavy atom. The molecule has 0 aliphatic heterocycles. The summed E-state index contributed by atoms with van der Waals surface area (Å²) in [6.45, 7) is 5.78. The summed E-state index contributed by atoms with van der Waals surface area (Å²) in [5, 5.41) is 15.2. The van der Waals surface area contributed by atoms with Crippen LogP contribution in [0.4, 0.5) is 0 Å². The van der Waals surface area contributed by atoms with Crippen molar-refractivity contribution in [1.29, 1.82) is 0 Å². The van der Waals surface area contributed by atoms with Crippen LogP contribution in [0.2, 0.25) is 0 Å². The third-order valence-electron chi connectivity index (χ3n) is 2.33. The standard InChI is InChI=1S/C9H13N5OS/c1-4-5(2)10-7(15)8-13-14-6(3)11-12-9(14)16-8/h5H,4H2,1-3H3,(H,10,15). The van der Waals surface area contributed by atoms with Crippen LogP contribution < -0.4 is 5.32 Å². The van der Waals surface area contributed by atoms with Gasteiger partial charge in [-0.2, -0.15) is 4.52 Å². The molecule has 2 aromatic rings. The molecule has 1 unspecified atom stereocenters. The SMILES string of the molecule is CCC(C)NC(=O)c1nn2c(C)nnc2s1. The van der Waals surface area contributed by atoms with E-state index in [0.717, 1.165) is 6.42 Å². The van der Waals surface area contributed by atoms with E-state index < -0.39 is 0 Å². The third kappa shape index (κ3) is 1.90. The average molecular weight is 239 g/mol. The molecular weight excluding hydrogens is 226 g/mol. The summed E-state index contributed by atoms with van der Waals surface area (Å²) in [5.74, 6) is 0.540. The second kappa shape index (κ2) is 4.17. The lowest BCUT2D eigenvalue weighted by atomic mass is 10.2. The minimum atomic E-state index is -0.149. The number of amides is 1. The number of hydrogen-bond donors (Lipinski definition) is 1. The Bertz CT molecular complexity index is 517. The molecule has 0 fully saturated rings. The van der Waals surface area contributed by atoms with Gasteiger partial charge in [-0.3, -0.25) is 4.79 Å². The number of carbonyl (C=O) groups is 1. The number of carbonyl (C=O) groups excluding carboxylic acids is 1. The number of hydrogen-bond acceptors (Lipinski definition) is 5. The molecule has 2 heterocycles. The molecule has 0 spiro atoms. The summed E-state index contributed by atoms with van der Waals surface area (Å²) in [6, 6.07) is 0.156. The average Bonchev–Trinajstić information content (AvgIpc) is 2.81. The molecule has 2 rings (SSSR count). The van der Waals surface area contributed by atoms with Gasteiger partial charge in [0.2, 0.25) is 9.97 Å². The molecule has 2 aromatic heterocycles. The van der Waals surface area contributed by atoms with Gasteiger partial charge in [-0.1, -0.05) is 18.3 Å². The molecule has 1 atom stereocenters. The molecule has 0 saturated heterocycles. The molecule has 0 aromatic carbocycles. The van der Waals surface area contributed by atoms with Gasteiger partial charge in [0.15, 0.2) is 5.82 Å². The highest BCUT2D eigenvalue weighted by Gasteiger charge is 2.16. The van der Waals surface area contributed by atoms with Gasteiger partial charge in [0.25, 0.3) is 5.91 Å². The van der Waals surface area contributed by atoms with E-state index in [4.69, 9.17) is 0 Å². The Hall–Kier alpha value is -1.50. The summed E-state index contributed by atoms with van der Waals surface area (Å²) in [7, 11) is 0. The fourth-order valence-electron chi connectivity index (χ4n) is 1.19. The topological polar surface area (TPSA) is 72.2 Å². The van der Waals surface area contributed by atoms with Gasteiger partial charge >= 0.3 is 0 Å². The lowest BCUT2D eigenvalue weighted by Crippen LogP contribution is -2.31. The zero-order chi connectivity index (χ0) is 11.7. The van der Waals surface area contributed by atoms with Crippen molar-refractivity contribution in [2.45, 2.75) is 33.2 Å². The van der Waals surface area contributed by atoms with Crippen molar-refractivity contribution in [2.75, 3.05) is 0 Å². The van der Waals surface area contributed by atoms with E-state index in [2.05, 4.69) is 20.6 Å². The van der Waals surface area contributed by atoms with Crippen molar-refractivity contribution in [3.05, 3.63) is 10.8 Å².